The minimum absolute atomic E-state index is 0.162. The van der Waals surface area contributed by atoms with E-state index in [4.69, 9.17) is 0 Å². The molecule has 0 saturated heterocycles. The van der Waals surface area contributed by atoms with Crippen LogP contribution in [0.3, 0.4) is 0 Å². The van der Waals surface area contributed by atoms with Crippen LogP contribution in [0.2, 0.25) is 0 Å². The summed E-state index contributed by atoms with van der Waals surface area (Å²) in [6, 6.07) is 1.22. The second-order valence-corrected chi connectivity index (χ2v) is 4.52. The fourth-order valence-corrected chi connectivity index (χ4v) is 1.91. The van der Waals surface area contributed by atoms with Crippen molar-refractivity contribution in [3.8, 4) is 0 Å². The predicted molar refractivity (Wildman–Crippen MR) is 68.8 cm³/mol. The van der Waals surface area contributed by atoms with Crippen molar-refractivity contribution in [1.82, 2.24) is 9.88 Å². The van der Waals surface area contributed by atoms with Crippen LogP contribution in [0.1, 0.15) is 30.1 Å². The molecule has 0 aliphatic heterocycles. The van der Waals surface area contributed by atoms with Crippen LogP contribution in [0.5, 0.6) is 0 Å². The van der Waals surface area contributed by atoms with E-state index in [1.54, 1.807) is 4.90 Å². The van der Waals surface area contributed by atoms with Crippen molar-refractivity contribution in [1.29, 1.82) is 0 Å². The van der Waals surface area contributed by atoms with Crippen molar-refractivity contribution in [3.63, 3.8) is 0 Å². The van der Waals surface area contributed by atoms with Gasteiger partial charge in [-0.05, 0) is 12.5 Å². The number of hydrogen-bond donors (Lipinski definition) is 0. The van der Waals surface area contributed by atoms with E-state index in [9.17, 15) is 9.18 Å². The molecule has 94 valence electrons. The third-order valence-electron chi connectivity index (χ3n) is 2.38. The molecule has 1 heterocycles. The van der Waals surface area contributed by atoms with E-state index >= 15 is 0 Å². The number of carbonyl (C=O) groups is 1. The number of rotatable bonds is 6. The van der Waals surface area contributed by atoms with E-state index in [0.717, 1.165) is 19.0 Å². The van der Waals surface area contributed by atoms with Gasteiger partial charge >= 0.3 is 0 Å². The second-order valence-electron chi connectivity index (χ2n) is 3.73. The van der Waals surface area contributed by atoms with Crippen LogP contribution in [0.25, 0.3) is 0 Å². The molecule has 1 amide bonds. The minimum Gasteiger partial charge on any atom is -0.338 e. The van der Waals surface area contributed by atoms with E-state index in [2.05, 4.69) is 27.8 Å². The zero-order valence-corrected chi connectivity index (χ0v) is 11.4. The zero-order chi connectivity index (χ0) is 12.7. The van der Waals surface area contributed by atoms with Crippen molar-refractivity contribution < 1.29 is 9.18 Å². The molecule has 0 fully saturated rings. The van der Waals surface area contributed by atoms with Gasteiger partial charge in [0.25, 0.3) is 5.91 Å². The number of alkyl halides is 1. The molecule has 0 bridgehead atoms. The average molecular weight is 303 g/mol. The molecule has 1 rings (SSSR count). The maximum atomic E-state index is 13.0. The van der Waals surface area contributed by atoms with Gasteiger partial charge in [0, 0.05) is 24.6 Å². The highest BCUT2D eigenvalue weighted by molar-refractivity contribution is 9.09. The van der Waals surface area contributed by atoms with Gasteiger partial charge in [0.05, 0.1) is 11.8 Å². The van der Waals surface area contributed by atoms with E-state index in [-0.39, 0.29) is 5.91 Å². The SMILES string of the molecule is CCCCN(CCBr)C(=O)c1cncc(F)c1. The Kier molecular flexibility index (Phi) is 6.11. The summed E-state index contributed by atoms with van der Waals surface area (Å²) in [6.45, 7) is 3.38. The molecule has 5 heteroatoms. The quantitative estimate of drug-likeness (QED) is 0.757. The van der Waals surface area contributed by atoms with Crippen LogP contribution in [0.4, 0.5) is 4.39 Å². The third-order valence-corrected chi connectivity index (χ3v) is 2.73. The summed E-state index contributed by atoms with van der Waals surface area (Å²) in [7, 11) is 0. The van der Waals surface area contributed by atoms with E-state index in [1.807, 2.05) is 0 Å². The number of pyridine rings is 1. The molecule has 0 aliphatic carbocycles. The number of halogens is 2. The number of unbranched alkanes of at least 4 members (excludes halogenated alkanes) is 1. The van der Waals surface area contributed by atoms with Crippen molar-refractivity contribution in [2.24, 2.45) is 0 Å². The molecule has 0 atom stereocenters. The summed E-state index contributed by atoms with van der Waals surface area (Å²) >= 11 is 3.31. The second kappa shape index (κ2) is 7.37. The first kappa shape index (κ1) is 14.1. The standard InChI is InChI=1S/C12H16BrFN2O/c1-2-3-5-16(6-4-13)12(17)10-7-11(14)9-15-8-10/h7-9H,2-6H2,1H3. The topological polar surface area (TPSA) is 33.2 Å². The summed E-state index contributed by atoms with van der Waals surface area (Å²) in [5.74, 6) is -0.643. The third kappa shape index (κ3) is 4.42. The van der Waals surface area contributed by atoms with Gasteiger partial charge < -0.3 is 4.90 Å². The lowest BCUT2D eigenvalue weighted by Gasteiger charge is -2.21. The van der Waals surface area contributed by atoms with E-state index in [1.165, 1.54) is 12.3 Å². The van der Waals surface area contributed by atoms with Crippen molar-refractivity contribution in [2.45, 2.75) is 19.8 Å². The molecular weight excluding hydrogens is 287 g/mol. The Bertz CT molecular complexity index is 373. The Balaban J connectivity index is 2.76. The maximum Gasteiger partial charge on any atom is 0.255 e. The van der Waals surface area contributed by atoms with Crippen LogP contribution >= 0.6 is 15.9 Å². The minimum atomic E-state index is -0.481. The summed E-state index contributed by atoms with van der Waals surface area (Å²) in [4.78, 5) is 17.5. The van der Waals surface area contributed by atoms with Gasteiger partial charge in [0.2, 0.25) is 0 Å². The van der Waals surface area contributed by atoms with E-state index < -0.39 is 5.82 Å². The Morgan fingerprint density at radius 3 is 2.82 bits per heavy atom. The van der Waals surface area contributed by atoms with Gasteiger partial charge in [-0.3, -0.25) is 9.78 Å². The fraction of sp³-hybridized carbons (Fsp3) is 0.500. The largest absolute Gasteiger partial charge is 0.338 e. The Morgan fingerprint density at radius 1 is 1.47 bits per heavy atom. The summed E-state index contributed by atoms with van der Waals surface area (Å²) in [6.07, 6.45) is 4.46. The molecule has 0 N–H and O–H groups in total. The van der Waals surface area contributed by atoms with Crippen LogP contribution in [-0.4, -0.2) is 34.2 Å². The van der Waals surface area contributed by atoms with Gasteiger partial charge in [-0.25, -0.2) is 4.39 Å². The number of aromatic nitrogens is 1. The molecule has 0 spiro atoms. The number of hydrogen-bond acceptors (Lipinski definition) is 2. The molecule has 3 nitrogen and oxygen atoms in total. The van der Waals surface area contributed by atoms with Gasteiger partial charge in [-0.1, -0.05) is 29.3 Å². The predicted octanol–water partition coefficient (Wildman–Crippen LogP) is 2.86. The summed E-state index contributed by atoms with van der Waals surface area (Å²) < 4.78 is 13.0. The van der Waals surface area contributed by atoms with E-state index in [0.29, 0.717) is 24.0 Å². The molecule has 0 unspecified atom stereocenters. The summed E-state index contributed by atoms with van der Waals surface area (Å²) in [5.41, 5.74) is 0.307. The maximum absolute atomic E-state index is 13.0. The molecule has 1 aromatic heterocycles. The van der Waals surface area contributed by atoms with Gasteiger partial charge in [0.1, 0.15) is 5.82 Å². The monoisotopic (exact) mass is 302 g/mol. The average Bonchev–Trinajstić information content (AvgIpc) is 2.33. The molecule has 0 radical (unpaired) electrons. The number of amides is 1. The van der Waals surface area contributed by atoms with Crippen LogP contribution in [0, 0.1) is 5.82 Å². The lowest BCUT2D eigenvalue weighted by Crippen LogP contribution is -2.33. The van der Waals surface area contributed by atoms with Gasteiger partial charge in [-0.15, -0.1) is 0 Å². The normalized spacial score (nSPS) is 10.3. The molecule has 0 saturated carbocycles. The van der Waals surface area contributed by atoms with Crippen molar-refractivity contribution >= 4 is 21.8 Å². The lowest BCUT2D eigenvalue weighted by molar-refractivity contribution is 0.0763. The highest BCUT2D eigenvalue weighted by Gasteiger charge is 2.15. The smallest absolute Gasteiger partial charge is 0.255 e. The first-order valence-electron chi connectivity index (χ1n) is 5.64. The van der Waals surface area contributed by atoms with Crippen molar-refractivity contribution in [3.05, 3.63) is 29.8 Å². The van der Waals surface area contributed by atoms with Gasteiger partial charge in [-0.2, -0.15) is 0 Å². The number of carbonyl (C=O) groups excluding carboxylic acids is 1. The highest BCUT2D eigenvalue weighted by atomic mass is 79.9. The Hall–Kier alpha value is -0.970. The van der Waals surface area contributed by atoms with Crippen LogP contribution in [-0.2, 0) is 0 Å². The van der Waals surface area contributed by atoms with Gasteiger partial charge in [0.15, 0.2) is 0 Å². The van der Waals surface area contributed by atoms with Crippen molar-refractivity contribution in [2.75, 3.05) is 18.4 Å². The molecular formula is C12H16BrFN2O. The van der Waals surface area contributed by atoms with Crippen LogP contribution in [0.15, 0.2) is 18.5 Å². The highest BCUT2D eigenvalue weighted by Crippen LogP contribution is 2.07. The lowest BCUT2D eigenvalue weighted by atomic mass is 10.2. The first-order chi connectivity index (χ1) is 8.19. The first-order valence-corrected chi connectivity index (χ1v) is 6.77. The number of nitrogens with zero attached hydrogens (tertiary/aromatic N) is 2. The molecule has 1 aromatic rings. The molecule has 17 heavy (non-hydrogen) atoms. The molecule has 0 aliphatic rings. The molecule has 0 aromatic carbocycles. The zero-order valence-electron chi connectivity index (χ0n) is 9.83. The Morgan fingerprint density at radius 2 is 2.24 bits per heavy atom. The summed E-state index contributed by atoms with van der Waals surface area (Å²) in [5, 5.41) is 0.713. The Labute approximate surface area is 109 Å². The fourth-order valence-electron chi connectivity index (χ4n) is 1.48. The van der Waals surface area contributed by atoms with Crippen LogP contribution < -0.4 is 0 Å².